The van der Waals surface area contributed by atoms with Crippen molar-refractivity contribution in [3.8, 4) is 0 Å². The van der Waals surface area contributed by atoms with Crippen molar-refractivity contribution in [3.05, 3.63) is 51.2 Å². The average molecular weight is 329 g/mol. The summed E-state index contributed by atoms with van der Waals surface area (Å²) in [5, 5.41) is 7.51. The normalized spacial score (nSPS) is 10.4. The summed E-state index contributed by atoms with van der Waals surface area (Å²) in [5.41, 5.74) is 1.50. The van der Waals surface area contributed by atoms with Gasteiger partial charge in [-0.3, -0.25) is 9.48 Å². The SMILES string of the molecule is Cn1ncc(Br)c1C(=O)NCc1ccc(Cl)cc1. The fourth-order valence-electron chi connectivity index (χ4n) is 1.53. The summed E-state index contributed by atoms with van der Waals surface area (Å²) in [7, 11) is 1.72. The van der Waals surface area contributed by atoms with Crippen LogP contribution in [0.15, 0.2) is 34.9 Å². The highest BCUT2D eigenvalue weighted by molar-refractivity contribution is 9.10. The third-order valence-corrected chi connectivity index (χ3v) is 3.31. The maximum atomic E-state index is 12.0. The second kappa shape index (κ2) is 5.54. The number of hydrogen-bond donors (Lipinski definition) is 1. The zero-order valence-electron chi connectivity index (χ0n) is 9.65. The first-order valence-electron chi connectivity index (χ1n) is 5.28. The van der Waals surface area contributed by atoms with Crippen molar-refractivity contribution in [2.45, 2.75) is 6.54 Å². The van der Waals surface area contributed by atoms with E-state index in [2.05, 4.69) is 26.3 Å². The van der Waals surface area contributed by atoms with E-state index in [-0.39, 0.29) is 5.91 Å². The van der Waals surface area contributed by atoms with Crippen LogP contribution in [0.25, 0.3) is 0 Å². The Bertz CT molecular complexity index is 546. The van der Waals surface area contributed by atoms with Crippen molar-refractivity contribution in [2.24, 2.45) is 7.05 Å². The van der Waals surface area contributed by atoms with Gasteiger partial charge in [-0.25, -0.2) is 0 Å². The van der Waals surface area contributed by atoms with Crippen LogP contribution in [0.3, 0.4) is 0 Å². The number of benzene rings is 1. The van der Waals surface area contributed by atoms with E-state index in [1.165, 1.54) is 4.68 Å². The van der Waals surface area contributed by atoms with Gasteiger partial charge in [0.2, 0.25) is 0 Å². The van der Waals surface area contributed by atoms with Crippen LogP contribution in [0, 0.1) is 0 Å². The molecule has 2 rings (SSSR count). The maximum Gasteiger partial charge on any atom is 0.270 e. The van der Waals surface area contributed by atoms with E-state index in [0.717, 1.165) is 5.56 Å². The fraction of sp³-hybridized carbons (Fsp3) is 0.167. The van der Waals surface area contributed by atoms with E-state index in [9.17, 15) is 4.79 Å². The molecule has 0 aliphatic heterocycles. The Morgan fingerprint density at radius 1 is 1.44 bits per heavy atom. The van der Waals surface area contributed by atoms with Gasteiger partial charge >= 0.3 is 0 Å². The number of carbonyl (C=O) groups excluding carboxylic acids is 1. The van der Waals surface area contributed by atoms with Gasteiger partial charge in [-0.15, -0.1) is 0 Å². The van der Waals surface area contributed by atoms with Crippen molar-refractivity contribution >= 4 is 33.4 Å². The molecule has 2 aromatic rings. The Morgan fingerprint density at radius 3 is 2.67 bits per heavy atom. The van der Waals surface area contributed by atoms with Crippen LogP contribution in [0.4, 0.5) is 0 Å². The summed E-state index contributed by atoms with van der Waals surface area (Å²) in [6, 6.07) is 7.34. The van der Waals surface area contributed by atoms with Gasteiger partial charge in [0.25, 0.3) is 5.91 Å². The highest BCUT2D eigenvalue weighted by Crippen LogP contribution is 2.15. The predicted octanol–water partition coefficient (Wildman–Crippen LogP) is 2.77. The quantitative estimate of drug-likeness (QED) is 0.942. The first-order chi connectivity index (χ1) is 8.58. The molecule has 1 heterocycles. The summed E-state index contributed by atoms with van der Waals surface area (Å²) >= 11 is 9.08. The molecule has 4 nitrogen and oxygen atoms in total. The number of aryl methyl sites for hydroxylation is 1. The van der Waals surface area contributed by atoms with Gasteiger partial charge in [0, 0.05) is 18.6 Å². The van der Waals surface area contributed by atoms with Crippen molar-refractivity contribution in [1.82, 2.24) is 15.1 Å². The highest BCUT2D eigenvalue weighted by atomic mass is 79.9. The first kappa shape index (κ1) is 13.1. The van der Waals surface area contributed by atoms with Crippen molar-refractivity contribution in [3.63, 3.8) is 0 Å². The smallest absolute Gasteiger partial charge is 0.270 e. The Labute approximate surface area is 118 Å². The van der Waals surface area contributed by atoms with Crippen LogP contribution in [0.2, 0.25) is 5.02 Å². The number of aromatic nitrogens is 2. The van der Waals surface area contributed by atoms with Crippen LogP contribution in [0.5, 0.6) is 0 Å². The molecule has 0 fully saturated rings. The molecular weight excluding hydrogens is 318 g/mol. The van der Waals surface area contributed by atoms with Crippen molar-refractivity contribution < 1.29 is 4.79 Å². The molecule has 94 valence electrons. The summed E-state index contributed by atoms with van der Waals surface area (Å²) in [4.78, 5) is 12.0. The lowest BCUT2D eigenvalue weighted by Gasteiger charge is -2.06. The summed E-state index contributed by atoms with van der Waals surface area (Å²) < 4.78 is 2.21. The summed E-state index contributed by atoms with van der Waals surface area (Å²) in [5.74, 6) is -0.170. The number of nitrogens with one attached hydrogen (secondary N) is 1. The Morgan fingerprint density at radius 2 is 2.11 bits per heavy atom. The zero-order valence-corrected chi connectivity index (χ0v) is 12.0. The van der Waals surface area contributed by atoms with Gasteiger partial charge < -0.3 is 5.32 Å². The lowest BCUT2D eigenvalue weighted by atomic mass is 10.2. The van der Waals surface area contributed by atoms with Gasteiger partial charge in [-0.05, 0) is 33.6 Å². The van der Waals surface area contributed by atoms with Crippen molar-refractivity contribution in [1.29, 1.82) is 0 Å². The van der Waals surface area contributed by atoms with Gasteiger partial charge in [-0.2, -0.15) is 5.10 Å². The third kappa shape index (κ3) is 2.91. The van der Waals surface area contributed by atoms with E-state index >= 15 is 0 Å². The largest absolute Gasteiger partial charge is 0.347 e. The molecule has 0 radical (unpaired) electrons. The topological polar surface area (TPSA) is 46.9 Å². The van der Waals surface area contributed by atoms with E-state index in [1.807, 2.05) is 12.1 Å². The number of carbonyl (C=O) groups is 1. The second-order valence-corrected chi connectivity index (χ2v) is 5.06. The Kier molecular flexibility index (Phi) is 4.04. The fourth-order valence-corrected chi connectivity index (χ4v) is 2.19. The number of rotatable bonds is 3. The molecule has 18 heavy (non-hydrogen) atoms. The minimum absolute atomic E-state index is 0.170. The Balaban J connectivity index is 2.03. The molecule has 0 spiro atoms. The molecule has 0 saturated carbocycles. The van der Waals surface area contributed by atoms with Gasteiger partial charge in [0.05, 0.1) is 10.7 Å². The standard InChI is InChI=1S/C12H11BrClN3O/c1-17-11(10(13)7-16-17)12(18)15-6-8-2-4-9(14)5-3-8/h2-5,7H,6H2,1H3,(H,15,18). The highest BCUT2D eigenvalue weighted by Gasteiger charge is 2.14. The molecule has 6 heteroatoms. The lowest BCUT2D eigenvalue weighted by molar-refractivity contribution is 0.0940. The number of nitrogens with zero attached hydrogens (tertiary/aromatic N) is 2. The maximum absolute atomic E-state index is 12.0. The third-order valence-electron chi connectivity index (χ3n) is 2.48. The molecule has 0 aliphatic rings. The number of halogens is 2. The molecule has 0 unspecified atom stereocenters. The summed E-state index contributed by atoms with van der Waals surface area (Å²) in [6.45, 7) is 0.452. The van der Waals surface area contributed by atoms with E-state index in [0.29, 0.717) is 21.7 Å². The van der Waals surface area contributed by atoms with E-state index < -0.39 is 0 Å². The lowest BCUT2D eigenvalue weighted by Crippen LogP contribution is -2.25. The van der Waals surface area contributed by atoms with Crippen LogP contribution in [0.1, 0.15) is 16.1 Å². The number of amides is 1. The van der Waals surface area contributed by atoms with Crippen molar-refractivity contribution in [2.75, 3.05) is 0 Å². The van der Waals surface area contributed by atoms with Crippen LogP contribution in [-0.2, 0) is 13.6 Å². The molecule has 1 N–H and O–H groups in total. The minimum Gasteiger partial charge on any atom is -0.347 e. The van der Waals surface area contributed by atoms with Gasteiger partial charge in [0.15, 0.2) is 0 Å². The van der Waals surface area contributed by atoms with E-state index in [4.69, 9.17) is 11.6 Å². The van der Waals surface area contributed by atoms with Crippen LogP contribution < -0.4 is 5.32 Å². The molecule has 1 aromatic heterocycles. The molecule has 1 amide bonds. The zero-order chi connectivity index (χ0) is 13.1. The van der Waals surface area contributed by atoms with Crippen LogP contribution >= 0.6 is 27.5 Å². The second-order valence-electron chi connectivity index (χ2n) is 3.77. The van der Waals surface area contributed by atoms with Crippen LogP contribution in [-0.4, -0.2) is 15.7 Å². The van der Waals surface area contributed by atoms with E-state index in [1.54, 1.807) is 25.4 Å². The monoisotopic (exact) mass is 327 g/mol. The molecule has 0 aliphatic carbocycles. The molecule has 0 saturated heterocycles. The molecule has 1 aromatic carbocycles. The molecule has 0 bridgehead atoms. The predicted molar refractivity (Wildman–Crippen MR) is 73.5 cm³/mol. The van der Waals surface area contributed by atoms with Gasteiger partial charge in [0.1, 0.15) is 5.69 Å². The average Bonchev–Trinajstić information content (AvgIpc) is 2.68. The van der Waals surface area contributed by atoms with Gasteiger partial charge in [-0.1, -0.05) is 23.7 Å². The number of hydrogen-bond acceptors (Lipinski definition) is 2. The first-order valence-corrected chi connectivity index (χ1v) is 6.45. The Hall–Kier alpha value is -1.33. The molecule has 0 atom stereocenters. The summed E-state index contributed by atoms with van der Waals surface area (Å²) in [6.07, 6.45) is 1.59. The molecular formula is C12H11BrClN3O. The minimum atomic E-state index is -0.170.